The van der Waals surface area contributed by atoms with Crippen molar-refractivity contribution in [2.24, 2.45) is 0 Å². The fraction of sp³-hybridized carbons (Fsp3) is 0.462. The van der Waals surface area contributed by atoms with E-state index >= 15 is 0 Å². The lowest BCUT2D eigenvalue weighted by Gasteiger charge is -2.12. The largest absolute Gasteiger partial charge is 0.392 e. The van der Waals surface area contributed by atoms with E-state index in [1.54, 1.807) is 0 Å². The lowest BCUT2D eigenvalue weighted by Crippen LogP contribution is -2.35. The third-order valence-electron chi connectivity index (χ3n) is 2.91. The van der Waals surface area contributed by atoms with Crippen LogP contribution in [0.3, 0.4) is 0 Å². The van der Waals surface area contributed by atoms with Crippen LogP contribution < -0.4 is 10.6 Å². The molecule has 1 fully saturated rings. The predicted molar refractivity (Wildman–Crippen MR) is 74.2 cm³/mol. The topological polar surface area (TPSA) is 61.4 Å². The van der Waals surface area contributed by atoms with Crippen molar-refractivity contribution in [1.29, 1.82) is 0 Å². The molecule has 1 aromatic carbocycles. The summed E-state index contributed by atoms with van der Waals surface area (Å²) in [6.07, 6.45) is 0.0707. The number of aryl methyl sites for hydroxylation is 2. The second-order valence-electron chi connectivity index (χ2n) is 4.72. The summed E-state index contributed by atoms with van der Waals surface area (Å²) >= 11 is 0. The number of carbonyl (C=O) groups is 1. The van der Waals surface area contributed by atoms with Crippen LogP contribution >= 0.6 is 12.4 Å². The average molecular weight is 271 g/mol. The van der Waals surface area contributed by atoms with Crippen LogP contribution in [0.25, 0.3) is 0 Å². The molecule has 1 saturated heterocycles. The first-order chi connectivity index (χ1) is 8.04. The van der Waals surface area contributed by atoms with Crippen molar-refractivity contribution in [2.45, 2.75) is 32.4 Å². The van der Waals surface area contributed by atoms with Gasteiger partial charge in [-0.1, -0.05) is 6.07 Å². The zero-order chi connectivity index (χ0) is 12.4. The number of nitrogens with one attached hydrogen (secondary N) is 2. The molecule has 0 bridgehead atoms. The monoisotopic (exact) mass is 270 g/mol. The number of aliphatic hydroxyl groups is 1. The van der Waals surface area contributed by atoms with E-state index in [4.69, 9.17) is 0 Å². The lowest BCUT2D eigenvalue weighted by atomic mass is 10.1. The van der Waals surface area contributed by atoms with E-state index in [2.05, 4.69) is 16.7 Å². The van der Waals surface area contributed by atoms with Gasteiger partial charge in [0.25, 0.3) is 0 Å². The van der Waals surface area contributed by atoms with Gasteiger partial charge in [-0.25, -0.2) is 0 Å². The maximum absolute atomic E-state index is 11.9. The van der Waals surface area contributed by atoms with Gasteiger partial charge in [0.15, 0.2) is 0 Å². The maximum Gasteiger partial charge on any atom is 0.241 e. The van der Waals surface area contributed by atoms with Crippen LogP contribution in [-0.4, -0.2) is 29.7 Å². The van der Waals surface area contributed by atoms with Gasteiger partial charge in [0.05, 0.1) is 12.1 Å². The number of hydrogen-bond acceptors (Lipinski definition) is 3. The molecule has 0 aromatic heterocycles. The highest BCUT2D eigenvalue weighted by Gasteiger charge is 2.27. The summed E-state index contributed by atoms with van der Waals surface area (Å²) < 4.78 is 0. The van der Waals surface area contributed by atoms with Crippen LogP contribution in [0.1, 0.15) is 17.5 Å². The molecule has 2 unspecified atom stereocenters. The Morgan fingerprint density at radius 1 is 1.33 bits per heavy atom. The molecule has 100 valence electrons. The summed E-state index contributed by atoms with van der Waals surface area (Å²) in [5, 5.41) is 15.2. The first-order valence-electron chi connectivity index (χ1n) is 5.85. The first kappa shape index (κ1) is 15.0. The molecule has 2 rings (SSSR count). The van der Waals surface area contributed by atoms with Gasteiger partial charge < -0.3 is 15.7 Å². The average Bonchev–Trinajstić information content (AvgIpc) is 2.63. The number of β-amino-alcohol motifs (C(OH)–C–C–N with tert-alkyl or cyclic N) is 1. The molecule has 18 heavy (non-hydrogen) atoms. The molecule has 0 spiro atoms. The van der Waals surface area contributed by atoms with Crippen LogP contribution in [0.5, 0.6) is 0 Å². The minimum absolute atomic E-state index is 0. The predicted octanol–water partition coefficient (Wildman–Crippen LogP) is 1.39. The molecular weight excluding hydrogens is 252 g/mol. The zero-order valence-corrected chi connectivity index (χ0v) is 11.4. The molecule has 1 aliphatic heterocycles. The van der Waals surface area contributed by atoms with Gasteiger partial charge in [-0.15, -0.1) is 12.4 Å². The van der Waals surface area contributed by atoms with Crippen LogP contribution in [0.2, 0.25) is 0 Å². The highest BCUT2D eigenvalue weighted by atomic mass is 35.5. The van der Waals surface area contributed by atoms with Crippen LogP contribution in [0.15, 0.2) is 18.2 Å². The molecule has 2 atom stereocenters. The van der Waals surface area contributed by atoms with Crippen LogP contribution in [-0.2, 0) is 4.79 Å². The second-order valence-corrected chi connectivity index (χ2v) is 4.72. The van der Waals surface area contributed by atoms with Gasteiger partial charge in [0, 0.05) is 12.2 Å². The Morgan fingerprint density at radius 3 is 2.44 bits per heavy atom. The number of benzene rings is 1. The van der Waals surface area contributed by atoms with Gasteiger partial charge in [0.2, 0.25) is 5.91 Å². The number of anilines is 1. The van der Waals surface area contributed by atoms with Crippen LogP contribution in [0, 0.1) is 13.8 Å². The third-order valence-corrected chi connectivity index (χ3v) is 2.91. The van der Waals surface area contributed by atoms with E-state index in [1.165, 1.54) is 0 Å². The number of aliphatic hydroxyl groups excluding tert-OH is 1. The fourth-order valence-corrected chi connectivity index (χ4v) is 2.19. The van der Waals surface area contributed by atoms with Gasteiger partial charge in [-0.05, 0) is 43.5 Å². The summed E-state index contributed by atoms with van der Waals surface area (Å²) in [5.41, 5.74) is 3.06. The number of halogens is 1. The normalized spacial score (nSPS) is 22.4. The third kappa shape index (κ3) is 3.70. The van der Waals surface area contributed by atoms with Crippen molar-refractivity contribution in [2.75, 3.05) is 11.9 Å². The van der Waals surface area contributed by atoms with E-state index in [9.17, 15) is 9.90 Å². The summed E-state index contributed by atoms with van der Waals surface area (Å²) in [7, 11) is 0. The van der Waals surface area contributed by atoms with Gasteiger partial charge in [-0.2, -0.15) is 0 Å². The van der Waals surface area contributed by atoms with Crippen molar-refractivity contribution in [3.8, 4) is 0 Å². The summed E-state index contributed by atoms with van der Waals surface area (Å²) in [4.78, 5) is 11.9. The van der Waals surface area contributed by atoms with E-state index in [0.29, 0.717) is 13.0 Å². The fourth-order valence-electron chi connectivity index (χ4n) is 2.19. The van der Waals surface area contributed by atoms with Crippen molar-refractivity contribution in [3.63, 3.8) is 0 Å². The zero-order valence-electron chi connectivity index (χ0n) is 10.6. The standard InChI is InChI=1S/C13H18N2O2.ClH/c1-8-3-9(2)5-10(4-8)15-13(17)12-6-11(16)7-14-12;/h3-5,11-12,14,16H,6-7H2,1-2H3,(H,15,17);1H. The Labute approximate surface area is 113 Å². The SMILES string of the molecule is Cc1cc(C)cc(NC(=O)C2CC(O)CN2)c1.Cl. The summed E-state index contributed by atoms with van der Waals surface area (Å²) in [5.74, 6) is -0.0773. The molecule has 1 heterocycles. The quantitative estimate of drug-likeness (QED) is 0.761. The minimum atomic E-state index is -0.412. The Morgan fingerprint density at radius 2 is 1.94 bits per heavy atom. The first-order valence-corrected chi connectivity index (χ1v) is 5.85. The number of amides is 1. The van der Waals surface area contributed by atoms with Crippen molar-refractivity contribution >= 4 is 24.0 Å². The van der Waals surface area contributed by atoms with Crippen molar-refractivity contribution in [3.05, 3.63) is 29.3 Å². The Balaban J connectivity index is 0.00000162. The van der Waals surface area contributed by atoms with E-state index in [1.807, 2.05) is 26.0 Å². The van der Waals surface area contributed by atoms with E-state index in [0.717, 1.165) is 16.8 Å². The van der Waals surface area contributed by atoms with Gasteiger partial charge in [-0.3, -0.25) is 4.79 Å². The van der Waals surface area contributed by atoms with E-state index < -0.39 is 6.10 Å². The number of hydrogen-bond donors (Lipinski definition) is 3. The second kappa shape index (κ2) is 6.18. The molecular formula is C13H19ClN2O2. The highest BCUT2D eigenvalue weighted by molar-refractivity contribution is 5.95. The molecule has 0 saturated carbocycles. The molecule has 1 aliphatic rings. The Bertz CT molecular complexity index is 417. The molecule has 0 radical (unpaired) electrons. The van der Waals surface area contributed by atoms with Gasteiger partial charge in [0.1, 0.15) is 0 Å². The molecule has 1 aromatic rings. The summed E-state index contributed by atoms with van der Waals surface area (Å²) in [6, 6.07) is 5.66. The van der Waals surface area contributed by atoms with Crippen molar-refractivity contribution in [1.82, 2.24) is 5.32 Å². The maximum atomic E-state index is 11.9. The summed E-state index contributed by atoms with van der Waals surface area (Å²) in [6.45, 7) is 4.49. The number of carbonyl (C=O) groups excluding carboxylic acids is 1. The smallest absolute Gasteiger partial charge is 0.241 e. The molecule has 1 amide bonds. The Kier molecular flexibility index (Phi) is 5.14. The van der Waals surface area contributed by atoms with E-state index in [-0.39, 0.29) is 24.4 Å². The molecule has 0 aliphatic carbocycles. The Hall–Kier alpha value is -1.10. The minimum Gasteiger partial charge on any atom is -0.392 e. The number of rotatable bonds is 2. The molecule has 3 N–H and O–H groups in total. The van der Waals surface area contributed by atoms with Crippen LogP contribution in [0.4, 0.5) is 5.69 Å². The molecule has 4 nitrogen and oxygen atoms in total. The molecule has 5 heteroatoms. The van der Waals surface area contributed by atoms with Crippen molar-refractivity contribution < 1.29 is 9.90 Å². The van der Waals surface area contributed by atoms with Gasteiger partial charge >= 0.3 is 0 Å². The highest BCUT2D eigenvalue weighted by Crippen LogP contribution is 2.15. The lowest BCUT2D eigenvalue weighted by molar-refractivity contribution is -0.117.